The van der Waals surface area contributed by atoms with Crippen LogP contribution in [0.3, 0.4) is 0 Å². The van der Waals surface area contributed by atoms with E-state index in [9.17, 15) is 19.0 Å². The van der Waals surface area contributed by atoms with Gasteiger partial charge in [-0.25, -0.2) is 0 Å². The van der Waals surface area contributed by atoms with Crippen molar-refractivity contribution in [3.05, 3.63) is 122 Å². The van der Waals surface area contributed by atoms with Gasteiger partial charge in [-0.1, -0.05) is 265 Å². The molecule has 0 bridgehead atoms. The maximum absolute atomic E-state index is 13.6. The Morgan fingerprint density at radius 3 is 1.17 bits per heavy atom. The number of hydrogen-bond donors (Lipinski definition) is 1. The lowest BCUT2D eigenvalue weighted by atomic mass is 10.0. The second-order valence-corrected chi connectivity index (χ2v) is 24.6. The van der Waals surface area contributed by atoms with Crippen molar-refractivity contribution in [3.63, 3.8) is 0 Å². The van der Waals surface area contributed by atoms with E-state index in [2.05, 4.69) is 135 Å². The van der Waals surface area contributed by atoms with Crippen molar-refractivity contribution in [3.8, 4) is 0 Å². The highest BCUT2D eigenvalue weighted by atomic mass is 31.2. The lowest BCUT2D eigenvalue weighted by Gasteiger charge is -2.30. The van der Waals surface area contributed by atoms with Gasteiger partial charge < -0.3 is 28.5 Å². The number of nitrogens with zero attached hydrogens (tertiary/aromatic N) is 1. The van der Waals surface area contributed by atoms with Crippen LogP contribution < -0.4 is 10.2 Å². The molecule has 0 aliphatic heterocycles. The van der Waals surface area contributed by atoms with E-state index in [1.807, 2.05) is 33.3 Å². The number of carbonyl (C=O) groups is 2. The Morgan fingerprint density at radius 1 is 0.439 bits per heavy atom. The zero-order valence-electron chi connectivity index (χ0n) is 53.7. The molecule has 470 valence electrons. The summed E-state index contributed by atoms with van der Waals surface area (Å²) in [4.78, 5) is 40.1. The molecule has 0 fully saturated rings. The number of quaternary nitrogens is 1. The molecule has 0 rings (SSSR count). The highest BCUT2D eigenvalue weighted by molar-refractivity contribution is 7.45. The molecule has 0 spiro atoms. The van der Waals surface area contributed by atoms with E-state index in [4.69, 9.17) is 13.8 Å². The van der Waals surface area contributed by atoms with Gasteiger partial charge in [0, 0.05) is 12.8 Å². The molecule has 0 saturated carbocycles. The minimum absolute atomic E-state index is 0.0324. The zero-order valence-corrected chi connectivity index (χ0v) is 54.5. The Balaban J connectivity index is 5.18. The van der Waals surface area contributed by atoms with E-state index in [1.165, 1.54) is 83.5 Å². The fourth-order valence-corrected chi connectivity index (χ4v) is 9.79. The molecule has 0 aliphatic carbocycles. The van der Waals surface area contributed by atoms with Gasteiger partial charge in [-0.05, 0) is 115 Å². The summed E-state index contributed by atoms with van der Waals surface area (Å²) in [5, 5.41) is 3.02. The van der Waals surface area contributed by atoms with Crippen LogP contribution >= 0.6 is 7.82 Å². The molecule has 1 N–H and O–H groups in total. The highest BCUT2D eigenvalue weighted by Gasteiger charge is 2.27. The molecule has 3 unspecified atom stereocenters. The maximum Gasteiger partial charge on any atom is 0.306 e. The number of esters is 1. The quantitative estimate of drug-likeness (QED) is 0.0212. The van der Waals surface area contributed by atoms with Crippen molar-refractivity contribution < 1.29 is 37.3 Å². The second-order valence-electron chi connectivity index (χ2n) is 23.2. The summed E-state index contributed by atoms with van der Waals surface area (Å²) < 4.78 is 30.4. The molecular formula is C72H125N2O7P. The fraction of sp³-hybridized carbons (Fsp3) is 0.694. The Bertz CT molecular complexity index is 1820. The number of rotatable bonds is 59. The number of amides is 1. The topological polar surface area (TPSA) is 114 Å². The van der Waals surface area contributed by atoms with Gasteiger partial charge in [0.25, 0.3) is 7.82 Å². The summed E-state index contributed by atoms with van der Waals surface area (Å²) in [5.41, 5.74) is 0. The lowest BCUT2D eigenvalue weighted by molar-refractivity contribution is -0.870. The monoisotopic (exact) mass is 1160 g/mol. The predicted molar refractivity (Wildman–Crippen MR) is 353 cm³/mol. The minimum Gasteiger partial charge on any atom is -0.756 e. The predicted octanol–water partition coefficient (Wildman–Crippen LogP) is 20.4. The summed E-state index contributed by atoms with van der Waals surface area (Å²) in [7, 11) is 1.16. The number of allylic oxidation sites excluding steroid dienone is 19. The van der Waals surface area contributed by atoms with Crippen LogP contribution in [0.1, 0.15) is 271 Å². The second kappa shape index (κ2) is 60.5. The van der Waals surface area contributed by atoms with Crippen molar-refractivity contribution in [2.75, 3.05) is 40.9 Å². The van der Waals surface area contributed by atoms with Crippen molar-refractivity contribution in [1.29, 1.82) is 0 Å². The Kier molecular flexibility index (Phi) is 57.9. The summed E-state index contributed by atoms with van der Waals surface area (Å²) >= 11 is 0. The molecule has 10 heteroatoms. The molecule has 0 aromatic heterocycles. The first kappa shape index (κ1) is 78.4. The third-order valence-electron chi connectivity index (χ3n) is 14.1. The number of phosphoric ester groups is 1. The average Bonchev–Trinajstić information content (AvgIpc) is 3.45. The normalized spacial score (nSPS) is 14.4. The molecule has 3 atom stereocenters. The molecule has 0 aromatic carbocycles. The SMILES string of the molecule is CC/C=C\C/C=C\C/C=C\C/C=C\C/C=C\C/C=C\CCCCCCCCCCC(=O)OC(/C=C\CCCCCCCCCCCCC)C(COP(=O)([O-])OCC[N+](C)(C)C)NC(=O)CCCCCCCC/C=C/C/C=C/C/C=C/CC. The number of phosphoric acid groups is 1. The van der Waals surface area contributed by atoms with E-state index in [1.54, 1.807) is 0 Å². The highest BCUT2D eigenvalue weighted by Crippen LogP contribution is 2.38. The smallest absolute Gasteiger partial charge is 0.306 e. The summed E-state index contributed by atoms with van der Waals surface area (Å²) in [6.45, 7) is 6.60. The molecule has 0 aromatic rings. The molecule has 0 aliphatic rings. The van der Waals surface area contributed by atoms with Crippen molar-refractivity contribution >= 4 is 19.7 Å². The fourth-order valence-electron chi connectivity index (χ4n) is 9.07. The third kappa shape index (κ3) is 61.0. The largest absolute Gasteiger partial charge is 0.756 e. The molecule has 82 heavy (non-hydrogen) atoms. The van der Waals surface area contributed by atoms with E-state index >= 15 is 0 Å². The van der Waals surface area contributed by atoms with Gasteiger partial charge >= 0.3 is 5.97 Å². The van der Waals surface area contributed by atoms with Gasteiger partial charge in [-0.3, -0.25) is 14.2 Å². The zero-order chi connectivity index (χ0) is 60.0. The first-order chi connectivity index (χ1) is 39.9. The maximum atomic E-state index is 13.6. The van der Waals surface area contributed by atoms with E-state index in [0.717, 1.165) is 148 Å². The third-order valence-corrected chi connectivity index (χ3v) is 15.1. The van der Waals surface area contributed by atoms with Gasteiger partial charge in [-0.15, -0.1) is 0 Å². The van der Waals surface area contributed by atoms with Gasteiger partial charge in [0.05, 0.1) is 33.8 Å². The number of carbonyl (C=O) groups excluding carboxylic acids is 2. The molecule has 0 radical (unpaired) electrons. The summed E-state index contributed by atoms with van der Waals surface area (Å²) in [6.07, 6.45) is 84.5. The first-order valence-electron chi connectivity index (χ1n) is 33.3. The molecule has 0 saturated heterocycles. The van der Waals surface area contributed by atoms with Crippen LogP contribution in [0.4, 0.5) is 0 Å². The summed E-state index contributed by atoms with van der Waals surface area (Å²) in [6, 6.07) is -0.907. The number of ether oxygens (including phenoxy) is 1. The molecule has 0 heterocycles. The van der Waals surface area contributed by atoms with Gasteiger partial charge in [0.2, 0.25) is 5.91 Å². The van der Waals surface area contributed by atoms with Crippen LogP contribution in [0.5, 0.6) is 0 Å². The van der Waals surface area contributed by atoms with Crippen molar-refractivity contribution in [2.45, 2.75) is 283 Å². The number of unbranched alkanes of at least 4 members (excludes halogenated alkanes) is 25. The average molecular weight is 1160 g/mol. The molecule has 1 amide bonds. The van der Waals surface area contributed by atoms with E-state index in [0.29, 0.717) is 23.9 Å². The van der Waals surface area contributed by atoms with Crippen molar-refractivity contribution in [2.24, 2.45) is 0 Å². The Morgan fingerprint density at radius 2 is 0.780 bits per heavy atom. The molecular weight excluding hydrogens is 1040 g/mol. The number of likely N-dealkylation sites (N-methyl/N-ethyl adjacent to an activating group) is 1. The first-order valence-corrected chi connectivity index (χ1v) is 34.8. The lowest BCUT2D eigenvalue weighted by Crippen LogP contribution is -2.47. The standard InChI is InChI=1S/C72H125N2O7P/c1-7-10-13-16-19-22-25-28-30-32-33-34-35-36-37-38-39-40-41-42-44-47-50-53-56-59-62-65-72(76)81-70(63-60-57-54-51-48-45-27-24-21-18-15-12-9-3)69(68-80-82(77,78)79-67-66-74(4,5)6)73-71(75)64-61-58-55-52-49-46-43-31-29-26-23-20-17-14-11-8-2/h10-11,13-14,19-20,22-23,28-31,33-34,36-37,39-40,60,63,69-70H,7-9,12,15-18,21,24-27,32,35,38,41-59,61-62,64-68H2,1-6H3,(H-,73,75,77,78)/b13-10-,14-11+,22-19-,23-20+,30-28-,31-29+,34-33-,37-36-,40-39-,63-60-. The minimum atomic E-state index is -4.72. The summed E-state index contributed by atoms with van der Waals surface area (Å²) in [5.74, 6) is -0.570. The van der Waals surface area contributed by atoms with Crippen LogP contribution in [0.25, 0.3) is 0 Å². The number of hydrogen-bond acceptors (Lipinski definition) is 7. The van der Waals surface area contributed by atoms with Gasteiger partial charge in [-0.2, -0.15) is 0 Å². The van der Waals surface area contributed by atoms with Gasteiger partial charge in [0.1, 0.15) is 19.3 Å². The van der Waals surface area contributed by atoms with E-state index in [-0.39, 0.29) is 24.9 Å². The van der Waals surface area contributed by atoms with Crippen LogP contribution in [0.15, 0.2) is 122 Å². The van der Waals surface area contributed by atoms with E-state index < -0.39 is 26.6 Å². The van der Waals surface area contributed by atoms with Crippen LogP contribution in [-0.4, -0.2) is 69.4 Å². The van der Waals surface area contributed by atoms with Crippen LogP contribution in [0.2, 0.25) is 0 Å². The Hall–Kier alpha value is -3.59. The van der Waals surface area contributed by atoms with Crippen LogP contribution in [0, 0.1) is 0 Å². The van der Waals surface area contributed by atoms with Crippen molar-refractivity contribution in [1.82, 2.24) is 5.32 Å². The number of nitrogens with one attached hydrogen (secondary N) is 1. The molecule has 9 nitrogen and oxygen atoms in total. The van der Waals surface area contributed by atoms with Gasteiger partial charge in [0.15, 0.2) is 0 Å². The Labute approximate surface area is 505 Å². The van der Waals surface area contributed by atoms with Crippen LogP contribution in [-0.2, 0) is 27.9 Å².